The van der Waals surface area contributed by atoms with Gasteiger partial charge in [-0.2, -0.15) is 5.10 Å². The second kappa shape index (κ2) is 7.78. The zero-order valence-corrected chi connectivity index (χ0v) is 19.3. The summed E-state index contributed by atoms with van der Waals surface area (Å²) >= 11 is 0. The first kappa shape index (κ1) is 23.3. The normalized spacial score (nSPS) is 26.6. The maximum absolute atomic E-state index is 13.7. The maximum Gasteiger partial charge on any atom is 0.251 e. The van der Waals surface area contributed by atoms with Crippen LogP contribution in [0.25, 0.3) is 22.3 Å². The number of allylic oxidation sites excluding steroid dienone is 1. The lowest BCUT2D eigenvalue weighted by molar-refractivity contribution is -0.132. The molecule has 6 N–H and O–H groups in total. The smallest absolute Gasteiger partial charge is 0.251 e. The number of nitrogens with two attached hydrogens (primary N) is 1. The first-order chi connectivity index (χ1) is 17.0. The van der Waals surface area contributed by atoms with Gasteiger partial charge in [-0.15, -0.1) is 5.71 Å². The van der Waals surface area contributed by atoms with E-state index in [1.54, 1.807) is 30.2 Å². The minimum absolute atomic E-state index is 0.0209. The van der Waals surface area contributed by atoms with E-state index in [4.69, 9.17) is 10.6 Å². The Morgan fingerprint density at radius 3 is 2.64 bits per heavy atom. The summed E-state index contributed by atoms with van der Waals surface area (Å²) in [6, 6.07) is 3.05. The highest BCUT2D eigenvalue weighted by Crippen LogP contribution is 2.52. The van der Waals surface area contributed by atoms with Crippen molar-refractivity contribution in [2.75, 3.05) is 7.11 Å². The molecule has 5 rings (SSSR count). The molecule has 0 aliphatic heterocycles. The van der Waals surface area contributed by atoms with Gasteiger partial charge in [0.25, 0.3) is 5.91 Å². The van der Waals surface area contributed by atoms with Gasteiger partial charge in [0.1, 0.15) is 29.9 Å². The van der Waals surface area contributed by atoms with Crippen molar-refractivity contribution in [3.05, 3.63) is 58.0 Å². The van der Waals surface area contributed by atoms with Crippen molar-refractivity contribution in [3.63, 3.8) is 0 Å². The number of aliphatic hydroxyl groups is 3. The largest absolute Gasteiger partial charge is 0.804 e. The predicted octanol–water partition coefficient (Wildman–Crippen LogP) is 0.878. The number of fused-ring (bicyclic) bond motifs is 3. The highest BCUT2D eigenvalue weighted by atomic mass is 16.6. The second-order valence-corrected chi connectivity index (χ2v) is 9.03. The van der Waals surface area contributed by atoms with E-state index in [0.717, 1.165) is 5.56 Å². The van der Waals surface area contributed by atoms with E-state index in [-0.39, 0.29) is 35.4 Å². The number of hydrogen-bond donors (Lipinski definition) is 5. The number of hydrogen-bond acceptors (Lipinski definition) is 9. The molecule has 0 radical (unpaired) electrons. The summed E-state index contributed by atoms with van der Waals surface area (Å²) in [5.41, 5.74) is 1.91. The van der Waals surface area contributed by atoms with Crippen molar-refractivity contribution in [2.45, 2.75) is 18.4 Å². The fourth-order valence-corrected chi connectivity index (χ4v) is 5.55. The number of carbonyl (C=O) groups is 2. The number of benzene rings is 1. The summed E-state index contributed by atoms with van der Waals surface area (Å²) in [6.07, 6.45) is 3.48. The van der Waals surface area contributed by atoms with Crippen LogP contribution >= 0.6 is 0 Å². The lowest BCUT2D eigenvalue weighted by atomic mass is 9.57. The van der Waals surface area contributed by atoms with Gasteiger partial charge < -0.3 is 36.4 Å². The molecule has 1 fully saturated rings. The van der Waals surface area contributed by atoms with Gasteiger partial charge in [0.15, 0.2) is 11.5 Å². The molecule has 0 spiro atoms. The fourth-order valence-electron chi connectivity index (χ4n) is 5.55. The number of aromatic nitrogens is 2. The average Bonchev–Trinajstić information content (AvgIpc) is 3.24. The van der Waals surface area contributed by atoms with Crippen LogP contribution in [0.1, 0.15) is 17.5 Å². The number of ketones is 1. The Bertz CT molecular complexity index is 1470. The Kier molecular flexibility index (Phi) is 5.04. The van der Waals surface area contributed by atoms with Crippen LogP contribution in [0.2, 0.25) is 0 Å². The van der Waals surface area contributed by atoms with Crippen LogP contribution in [-0.2, 0) is 27.9 Å². The summed E-state index contributed by atoms with van der Waals surface area (Å²) in [5, 5.41) is 62.7. The van der Waals surface area contributed by atoms with Gasteiger partial charge in [-0.05, 0) is 36.0 Å². The maximum atomic E-state index is 13.7. The van der Waals surface area contributed by atoms with Crippen LogP contribution in [0.15, 0.2) is 46.6 Å². The molecule has 1 amide bonds. The minimum Gasteiger partial charge on any atom is -0.804 e. The van der Waals surface area contributed by atoms with E-state index < -0.39 is 51.9 Å². The first-order valence-electron chi connectivity index (χ1n) is 11.0. The number of aryl methyl sites for hydroxylation is 1. The van der Waals surface area contributed by atoms with Crippen molar-refractivity contribution < 1.29 is 34.9 Å². The summed E-state index contributed by atoms with van der Waals surface area (Å²) < 4.78 is 1.60. The van der Waals surface area contributed by atoms with Gasteiger partial charge in [-0.3, -0.25) is 14.3 Å². The Labute approximate surface area is 204 Å². The molecule has 3 aliphatic rings. The van der Waals surface area contributed by atoms with Crippen LogP contribution in [-0.4, -0.2) is 66.0 Å². The van der Waals surface area contributed by atoms with E-state index in [9.17, 15) is 35.4 Å². The molecule has 12 nitrogen and oxygen atoms in total. The number of Topliss-reactive ketones (excluding diaryl/α,β-unsaturated/α-hetero) is 1. The number of rotatable bonds is 3. The predicted molar refractivity (Wildman–Crippen MR) is 127 cm³/mol. The molecule has 12 heteroatoms. The van der Waals surface area contributed by atoms with Gasteiger partial charge in [-0.25, -0.2) is 0 Å². The van der Waals surface area contributed by atoms with Crippen molar-refractivity contribution in [2.24, 2.45) is 29.8 Å². The third-order valence-electron chi connectivity index (χ3n) is 7.12. The number of aromatic hydroxyl groups is 1. The molecule has 1 saturated carbocycles. The zero-order valence-electron chi connectivity index (χ0n) is 19.3. The van der Waals surface area contributed by atoms with E-state index in [2.05, 4.69) is 10.3 Å². The Morgan fingerprint density at radius 2 is 2.03 bits per heavy atom. The van der Waals surface area contributed by atoms with Crippen molar-refractivity contribution in [1.29, 1.82) is 0 Å². The molecule has 0 saturated heterocycles. The monoisotopic (exact) mass is 492 g/mol. The summed E-state index contributed by atoms with van der Waals surface area (Å²) in [7, 11) is 2.92. The number of aliphatic hydroxyl groups excluding tert-OH is 2. The Morgan fingerprint density at radius 1 is 1.31 bits per heavy atom. The van der Waals surface area contributed by atoms with Gasteiger partial charge in [0, 0.05) is 30.3 Å². The van der Waals surface area contributed by atoms with Crippen LogP contribution in [0, 0.1) is 11.8 Å². The lowest BCUT2D eigenvalue weighted by Gasteiger charge is -2.50. The molecule has 1 aromatic carbocycles. The fraction of sp³-hybridized carbons (Fsp3) is 0.292. The molecule has 1 heterocycles. The van der Waals surface area contributed by atoms with E-state index >= 15 is 0 Å². The molecular weight excluding hydrogens is 470 g/mol. The topological polar surface area (TPSA) is 203 Å². The molecule has 0 bridgehead atoms. The molecule has 1 aromatic heterocycles. The Balaban J connectivity index is 1.73. The molecule has 36 heavy (non-hydrogen) atoms. The molecule has 186 valence electrons. The molecule has 2 aromatic rings. The number of amides is 1. The molecule has 3 aliphatic carbocycles. The van der Waals surface area contributed by atoms with Gasteiger partial charge in [-0.1, -0.05) is 11.2 Å². The summed E-state index contributed by atoms with van der Waals surface area (Å²) in [6.45, 7) is 0. The third kappa shape index (κ3) is 2.94. The number of primary amides is 1. The van der Waals surface area contributed by atoms with Crippen LogP contribution in [0.3, 0.4) is 0 Å². The Hall–Kier alpha value is -4.45. The SMILES string of the molecule is CO/N=C1\C(O)=C(C(N)=O)C(=[N-])[C@@]2(O)C(=O)C3=C(O)c4c(O)ccc(-c5cnn(C)c5)c4C[C@H]3C[C@@H]12. The highest BCUT2D eigenvalue weighted by molar-refractivity contribution is 6.40. The number of phenolic OH excluding ortho intramolecular Hbond substituents is 1. The summed E-state index contributed by atoms with van der Waals surface area (Å²) in [4.78, 5) is 30.5. The molecular formula is C24H22N5O7-. The van der Waals surface area contributed by atoms with Crippen molar-refractivity contribution in [1.82, 2.24) is 9.78 Å². The van der Waals surface area contributed by atoms with Crippen LogP contribution in [0.4, 0.5) is 0 Å². The van der Waals surface area contributed by atoms with E-state index in [1.807, 2.05) is 0 Å². The van der Waals surface area contributed by atoms with Gasteiger partial charge in [0.2, 0.25) is 0 Å². The number of phenols is 1. The number of oxime groups is 1. The minimum atomic E-state index is -2.76. The van der Waals surface area contributed by atoms with Gasteiger partial charge in [0.05, 0.1) is 17.3 Å². The zero-order chi connectivity index (χ0) is 26.1. The summed E-state index contributed by atoms with van der Waals surface area (Å²) in [5.74, 6) is -6.09. The van der Waals surface area contributed by atoms with Gasteiger partial charge >= 0.3 is 0 Å². The first-order valence-corrected chi connectivity index (χ1v) is 11.0. The lowest BCUT2D eigenvalue weighted by Crippen LogP contribution is -2.64. The highest BCUT2D eigenvalue weighted by Gasteiger charge is 2.59. The van der Waals surface area contributed by atoms with Crippen molar-refractivity contribution >= 4 is 28.9 Å². The van der Waals surface area contributed by atoms with Crippen molar-refractivity contribution in [3.8, 4) is 16.9 Å². The second-order valence-electron chi connectivity index (χ2n) is 9.03. The van der Waals surface area contributed by atoms with E-state index in [0.29, 0.717) is 11.1 Å². The van der Waals surface area contributed by atoms with Crippen LogP contribution in [0.5, 0.6) is 5.75 Å². The molecule has 0 unspecified atom stereocenters. The standard InChI is InChI=1S/C24H22N5O7/c1-29-8-10(7-27-29)11-3-4-14(30)16-12(11)5-9-6-13-18(28-36-2)20(32)17(23(26)34)21(25)24(13,35)22(33)15(9)19(16)31/h3-4,7-9,13,30-32,35H,5-6H2,1-2H3,(H2,26,34)/q-1/b28-18-/t9-,13-,24+/m0/s1. The van der Waals surface area contributed by atoms with Crippen LogP contribution < -0.4 is 5.73 Å². The third-order valence-corrected chi connectivity index (χ3v) is 7.12. The van der Waals surface area contributed by atoms with E-state index in [1.165, 1.54) is 13.2 Å². The number of nitrogens with zero attached hydrogens (tertiary/aromatic N) is 4. The quantitative estimate of drug-likeness (QED) is 0.388. The molecule has 3 atom stereocenters. The number of carbonyl (C=O) groups excluding carboxylic acids is 2. The average molecular weight is 492 g/mol.